The first-order valence-corrected chi connectivity index (χ1v) is 3.20. The van der Waals surface area contributed by atoms with Crippen molar-refractivity contribution in [3.05, 3.63) is 0 Å². The first-order valence-electron chi connectivity index (χ1n) is 3.20. The van der Waals surface area contributed by atoms with Gasteiger partial charge in [-0.05, 0) is 6.42 Å². The van der Waals surface area contributed by atoms with E-state index in [2.05, 4.69) is 5.10 Å². The lowest BCUT2D eigenvalue weighted by atomic mass is 10.3. The third kappa shape index (κ3) is 1.58. The van der Waals surface area contributed by atoms with Crippen LogP contribution < -0.4 is 11.6 Å². The molecule has 1 unspecified atom stereocenters. The van der Waals surface area contributed by atoms with Gasteiger partial charge in [-0.15, -0.1) is 0 Å². The number of hydrazine groups is 1. The third-order valence-corrected chi connectivity index (χ3v) is 1.48. The lowest BCUT2D eigenvalue weighted by Gasteiger charge is -2.17. The molecule has 4 N–H and O–H groups in total. The van der Waals surface area contributed by atoms with Crippen molar-refractivity contribution in [3.8, 4) is 0 Å². The van der Waals surface area contributed by atoms with Crippen molar-refractivity contribution in [2.75, 3.05) is 13.2 Å². The van der Waals surface area contributed by atoms with E-state index >= 15 is 0 Å². The van der Waals surface area contributed by atoms with E-state index in [1.807, 2.05) is 0 Å². The molecule has 1 saturated heterocycles. The summed E-state index contributed by atoms with van der Waals surface area (Å²) in [7, 11) is 0. The van der Waals surface area contributed by atoms with Crippen LogP contribution in [0.5, 0.6) is 0 Å². The maximum atomic E-state index is 5.46. The lowest BCUT2D eigenvalue weighted by molar-refractivity contribution is 0.148. The molecule has 58 valence electrons. The Hall–Kier alpha value is -0.810. The van der Waals surface area contributed by atoms with E-state index in [0.717, 1.165) is 13.0 Å². The molecular formula is C5H12N4O. The van der Waals surface area contributed by atoms with Gasteiger partial charge in [0.05, 0.1) is 12.6 Å². The van der Waals surface area contributed by atoms with Crippen molar-refractivity contribution in [1.29, 1.82) is 0 Å². The molecule has 0 aromatic rings. The zero-order chi connectivity index (χ0) is 7.40. The van der Waals surface area contributed by atoms with Crippen molar-refractivity contribution in [2.45, 2.75) is 12.5 Å². The average Bonchev–Trinajstić information content (AvgIpc) is 2.38. The summed E-state index contributed by atoms with van der Waals surface area (Å²) in [4.78, 5) is 0. The van der Waals surface area contributed by atoms with E-state index in [4.69, 9.17) is 16.3 Å². The monoisotopic (exact) mass is 144 g/mol. The normalized spacial score (nSPS) is 25.9. The van der Waals surface area contributed by atoms with Gasteiger partial charge in [-0.2, -0.15) is 5.10 Å². The molecule has 0 amide bonds. The minimum atomic E-state index is 0.194. The summed E-state index contributed by atoms with van der Waals surface area (Å²) in [6.45, 7) is 1.41. The Bertz CT molecular complexity index is 121. The molecule has 0 spiro atoms. The number of hydrogen-bond donors (Lipinski definition) is 2. The Kier molecular flexibility index (Phi) is 2.47. The zero-order valence-corrected chi connectivity index (χ0v) is 5.73. The van der Waals surface area contributed by atoms with Gasteiger partial charge in [0.25, 0.3) is 0 Å². The van der Waals surface area contributed by atoms with Crippen LogP contribution >= 0.6 is 0 Å². The van der Waals surface area contributed by atoms with Crippen LogP contribution in [0.3, 0.4) is 0 Å². The highest BCUT2D eigenvalue weighted by Gasteiger charge is 2.19. The number of nitrogens with zero attached hydrogens (tertiary/aromatic N) is 2. The number of nitrogens with two attached hydrogens (primary N) is 2. The smallest absolute Gasteiger partial charge is 0.107 e. The number of rotatable bonds is 2. The lowest BCUT2D eigenvalue weighted by Crippen LogP contribution is -2.37. The molecule has 1 fully saturated rings. The second kappa shape index (κ2) is 3.38. The fourth-order valence-electron chi connectivity index (χ4n) is 0.902. The molecule has 10 heavy (non-hydrogen) atoms. The third-order valence-electron chi connectivity index (χ3n) is 1.48. The van der Waals surface area contributed by atoms with Crippen LogP contribution in [0.1, 0.15) is 6.42 Å². The predicted molar refractivity (Wildman–Crippen MR) is 37.9 cm³/mol. The fourth-order valence-corrected chi connectivity index (χ4v) is 0.902. The maximum Gasteiger partial charge on any atom is 0.107 e. The highest BCUT2D eigenvalue weighted by atomic mass is 16.5. The molecular weight excluding hydrogens is 132 g/mol. The Balaban J connectivity index is 2.32. The summed E-state index contributed by atoms with van der Waals surface area (Å²) >= 11 is 0. The molecule has 1 aliphatic heterocycles. The first-order chi connectivity index (χ1) is 4.84. The van der Waals surface area contributed by atoms with Gasteiger partial charge in [-0.1, -0.05) is 0 Å². The number of hydrogen-bond acceptors (Lipinski definition) is 4. The minimum absolute atomic E-state index is 0.194. The van der Waals surface area contributed by atoms with Crippen molar-refractivity contribution in [2.24, 2.45) is 16.7 Å². The molecule has 1 heterocycles. The van der Waals surface area contributed by atoms with Crippen LogP contribution in [0.4, 0.5) is 0 Å². The summed E-state index contributed by atoms with van der Waals surface area (Å²) < 4.78 is 5.09. The predicted octanol–water partition coefficient (Wildman–Crippen LogP) is -1.15. The van der Waals surface area contributed by atoms with E-state index in [1.165, 1.54) is 11.5 Å². The molecule has 5 heteroatoms. The van der Waals surface area contributed by atoms with E-state index in [-0.39, 0.29) is 6.04 Å². The van der Waals surface area contributed by atoms with Crippen LogP contribution in [-0.4, -0.2) is 30.7 Å². The summed E-state index contributed by atoms with van der Waals surface area (Å²) in [5.41, 5.74) is 5.04. The Morgan fingerprint density at radius 1 is 1.70 bits per heavy atom. The van der Waals surface area contributed by atoms with Gasteiger partial charge in [0.2, 0.25) is 0 Å². The van der Waals surface area contributed by atoms with Crippen LogP contribution in [-0.2, 0) is 4.74 Å². The second-order valence-electron chi connectivity index (χ2n) is 2.16. The van der Waals surface area contributed by atoms with Crippen LogP contribution in [0.25, 0.3) is 0 Å². The number of hydrazone groups is 1. The Morgan fingerprint density at radius 2 is 2.50 bits per heavy atom. The molecule has 1 aliphatic rings. The minimum Gasteiger partial charge on any atom is -0.388 e. The van der Waals surface area contributed by atoms with Crippen LogP contribution in [0.15, 0.2) is 5.10 Å². The summed E-state index contributed by atoms with van der Waals surface area (Å²) in [6.07, 6.45) is 2.10. The van der Waals surface area contributed by atoms with Crippen LogP contribution in [0, 0.1) is 0 Å². The quantitative estimate of drug-likeness (QED) is 0.222. The van der Waals surface area contributed by atoms with Crippen molar-refractivity contribution >= 4 is 6.34 Å². The van der Waals surface area contributed by atoms with Gasteiger partial charge in [0.15, 0.2) is 0 Å². The number of ether oxygens (including phenoxy) is 1. The van der Waals surface area contributed by atoms with E-state index in [1.54, 1.807) is 0 Å². The Morgan fingerprint density at radius 3 is 3.00 bits per heavy atom. The zero-order valence-electron chi connectivity index (χ0n) is 5.73. The largest absolute Gasteiger partial charge is 0.388 e. The van der Waals surface area contributed by atoms with E-state index in [0.29, 0.717) is 6.61 Å². The van der Waals surface area contributed by atoms with Crippen molar-refractivity contribution < 1.29 is 4.74 Å². The van der Waals surface area contributed by atoms with Gasteiger partial charge < -0.3 is 10.5 Å². The summed E-state index contributed by atoms with van der Waals surface area (Å²) in [5.74, 6) is 5.46. The molecule has 0 radical (unpaired) electrons. The molecule has 0 aliphatic carbocycles. The fraction of sp³-hybridized carbons (Fsp3) is 0.800. The van der Waals surface area contributed by atoms with E-state index in [9.17, 15) is 0 Å². The molecule has 0 saturated carbocycles. The summed E-state index contributed by atoms with van der Waals surface area (Å²) in [6, 6.07) is 0.194. The van der Waals surface area contributed by atoms with Gasteiger partial charge in [0, 0.05) is 6.61 Å². The van der Waals surface area contributed by atoms with Gasteiger partial charge >= 0.3 is 0 Å². The molecule has 5 nitrogen and oxygen atoms in total. The van der Waals surface area contributed by atoms with E-state index < -0.39 is 0 Å². The molecule has 0 bridgehead atoms. The Labute approximate surface area is 59.6 Å². The molecule has 0 aromatic heterocycles. The van der Waals surface area contributed by atoms with Gasteiger partial charge in [-0.25, -0.2) is 11.0 Å². The van der Waals surface area contributed by atoms with Crippen molar-refractivity contribution in [1.82, 2.24) is 5.12 Å². The van der Waals surface area contributed by atoms with Gasteiger partial charge in [0.1, 0.15) is 6.34 Å². The maximum absolute atomic E-state index is 5.46. The topological polar surface area (TPSA) is 76.9 Å². The van der Waals surface area contributed by atoms with Gasteiger partial charge in [-0.3, -0.25) is 0 Å². The first kappa shape index (κ1) is 7.30. The van der Waals surface area contributed by atoms with Crippen LogP contribution in [0.2, 0.25) is 0 Å². The standard InChI is InChI=1S/C5H12N4O/c6-4-8-9(7)5-1-2-10-3-5/h4-5H,1-3,7H2,(H2,6,8). The second-order valence-corrected chi connectivity index (χ2v) is 2.16. The molecule has 1 rings (SSSR count). The highest BCUT2D eigenvalue weighted by Crippen LogP contribution is 2.08. The molecule has 1 atom stereocenters. The molecule has 0 aromatic carbocycles. The van der Waals surface area contributed by atoms with Crippen molar-refractivity contribution in [3.63, 3.8) is 0 Å². The summed E-state index contributed by atoms with van der Waals surface area (Å²) in [5, 5.41) is 5.03. The SMILES string of the molecule is N/C=N\N(N)C1CCOC1. The highest BCUT2D eigenvalue weighted by molar-refractivity contribution is 5.50. The average molecular weight is 144 g/mol.